The third-order valence-corrected chi connectivity index (χ3v) is 1.98. The second kappa shape index (κ2) is 3.72. The minimum Gasteiger partial charge on any atom is -0.506 e. The van der Waals surface area contributed by atoms with Gasteiger partial charge in [-0.05, 0) is 13.8 Å². The Morgan fingerprint density at radius 1 is 1.54 bits per heavy atom. The molecule has 0 aliphatic carbocycles. The molecule has 1 unspecified atom stereocenters. The molecule has 72 valence electrons. The standard InChI is InChI=1S/C9H13NO3/c1-5-9(13)8(4-11)7(3-10-5)6(2)12/h3,6,11-13H,4H2,1-2H3. The molecule has 0 radical (unpaired) electrons. The van der Waals surface area contributed by atoms with Crippen LogP contribution in [0.3, 0.4) is 0 Å². The number of aromatic nitrogens is 1. The highest BCUT2D eigenvalue weighted by Gasteiger charge is 2.13. The van der Waals surface area contributed by atoms with Crippen LogP contribution in [0.5, 0.6) is 5.75 Å². The molecule has 0 fully saturated rings. The Kier molecular flexibility index (Phi) is 2.85. The van der Waals surface area contributed by atoms with Crippen molar-refractivity contribution in [1.82, 2.24) is 4.98 Å². The van der Waals surface area contributed by atoms with E-state index in [4.69, 9.17) is 5.11 Å². The summed E-state index contributed by atoms with van der Waals surface area (Å²) in [5.41, 5.74) is 1.27. The molecule has 4 heteroatoms. The van der Waals surface area contributed by atoms with Crippen molar-refractivity contribution in [2.24, 2.45) is 0 Å². The Balaban J connectivity index is 3.30. The van der Waals surface area contributed by atoms with Crippen LogP contribution in [0.25, 0.3) is 0 Å². The van der Waals surface area contributed by atoms with Crippen LogP contribution in [0, 0.1) is 6.92 Å². The summed E-state index contributed by atoms with van der Waals surface area (Å²) in [6.07, 6.45) is 0.729. The summed E-state index contributed by atoms with van der Waals surface area (Å²) in [5.74, 6) is -0.0408. The lowest BCUT2D eigenvalue weighted by atomic mass is 10.0. The van der Waals surface area contributed by atoms with Gasteiger partial charge in [0.15, 0.2) is 0 Å². The predicted molar refractivity (Wildman–Crippen MR) is 47.2 cm³/mol. The largest absolute Gasteiger partial charge is 0.506 e. The monoisotopic (exact) mass is 183 g/mol. The molecule has 0 saturated heterocycles. The van der Waals surface area contributed by atoms with Gasteiger partial charge in [-0.15, -0.1) is 0 Å². The Morgan fingerprint density at radius 3 is 2.62 bits per heavy atom. The van der Waals surface area contributed by atoms with Crippen molar-refractivity contribution in [3.8, 4) is 5.75 Å². The van der Waals surface area contributed by atoms with Crippen LogP contribution in [0.2, 0.25) is 0 Å². The number of aliphatic hydroxyl groups excluding tert-OH is 2. The van der Waals surface area contributed by atoms with Crippen molar-refractivity contribution in [1.29, 1.82) is 0 Å². The minimum atomic E-state index is -0.735. The molecule has 1 heterocycles. The van der Waals surface area contributed by atoms with Gasteiger partial charge < -0.3 is 15.3 Å². The lowest BCUT2D eigenvalue weighted by molar-refractivity contribution is 0.191. The quantitative estimate of drug-likeness (QED) is 0.629. The zero-order valence-corrected chi connectivity index (χ0v) is 7.65. The van der Waals surface area contributed by atoms with Gasteiger partial charge in [-0.3, -0.25) is 4.98 Å². The molecule has 0 saturated carbocycles. The van der Waals surface area contributed by atoms with Gasteiger partial charge in [0.25, 0.3) is 0 Å². The molecule has 0 aromatic carbocycles. The van der Waals surface area contributed by atoms with Gasteiger partial charge >= 0.3 is 0 Å². The molecule has 1 atom stereocenters. The van der Waals surface area contributed by atoms with E-state index in [1.165, 1.54) is 6.20 Å². The van der Waals surface area contributed by atoms with E-state index in [1.54, 1.807) is 13.8 Å². The highest BCUT2D eigenvalue weighted by molar-refractivity contribution is 5.41. The van der Waals surface area contributed by atoms with Crippen LogP contribution in [0.1, 0.15) is 29.8 Å². The molecule has 1 aromatic rings. The summed E-state index contributed by atoms with van der Waals surface area (Å²) in [4.78, 5) is 3.89. The van der Waals surface area contributed by atoms with Crippen molar-refractivity contribution < 1.29 is 15.3 Å². The van der Waals surface area contributed by atoms with Crippen LogP contribution in [-0.4, -0.2) is 20.3 Å². The number of aliphatic hydroxyl groups is 2. The van der Waals surface area contributed by atoms with Crippen LogP contribution in [-0.2, 0) is 6.61 Å². The summed E-state index contributed by atoms with van der Waals surface area (Å²) in [5, 5.41) is 27.8. The molecule has 13 heavy (non-hydrogen) atoms. The molecular formula is C9H13NO3. The molecule has 1 rings (SSSR count). The van der Waals surface area contributed by atoms with Gasteiger partial charge in [-0.2, -0.15) is 0 Å². The predicted octanol–water partition coefficient (Wildman–Crippen LogP) is 0.641. The minimum absolute atomic E-state index is 0.0408. The molecule has 0 aliphatic rings. The van der Waals surface area contributed by atoms with Gasteiger partial charge in [0, 0.05) is 17.3 Å². The molecule has 0 aliphatic heterocycles. The normalized spacial score (nSPS) is 12.9. The maximum Gasteiger partial charge on any atom is 0.142 e. The van der Waals surface area contributed by atoms with Gasteiger partial charge in [-0.1, -0.05) is 0 Å². The average molecular weight is 183 g/mol. The molecule has 1 aromatic heterocycles. The topological polar surface area (TPSA) is 73.6 Å². The Bertz CT molecular complexity index is 310. The lowest BCUT2D eigenvalue weighted by Crippen LogP contribution is -2.01. The number of hydrogen-bond donors (Lipinski definition) is 3. The van der Waals surface area contributed by atoms with E-state index in [0.717, 1.165) is 0 Å². The van der Waals surface area contributed by atoms with E-state index >= 15 is 0 Å². The van der Waals surface area contributed by atoms with Crippen LogP contribution in [0.4, 0.5) is 0 Å². The third-order valence-electron chi connectivity index (χ3n) is 1.98. The summed E-state index contributed by atoms with van der Waals surface area (Å²) >= 11 is 0. The van der Waals surface area contributed by atoms with E-state index in [0.29, 0.717) is 16.8 Å². The molecular weight excluding hydrogens is 170 g/mol. The van der Waals surface area contributed by atoms with Crippen molar-refractivity contribution in [3.05, 3.63) is 23.0 Å². The lowest BCUT2D eigenvalue weighted by Gasteiger charge is -2.12. The van der Waals surface area contributed by atoms with Crippen LogP contribution >= 0.6 is 0 Å². The maximum absolute atomic E-state index is 9.49. The first-order valence-electron chi connectivity index (χ1n) is 4.04. The van der Waals surface area contributed by atoms with E-state index in [9.17, 15) is 10.2 Å². The summed E-state index contributed by atoms with van der Waals surface area (Å²) in [6.45, 7) is 2.90. The van der Waals surface area contributed by atoms with Gasteiger partial charge in [0.05, 0.1) is 18.4 Å². The fourth-order valence-corrected chi connectivity index (χ4v) is 1.19. The van der Waals surface area contributed by atoms with Crippen molar-refractivity contribution in [2.75, 3.05) is 0 Å². The van der Waals surface area contributed by atoms with Gasteiger partial charge in [-0.25, -0.2) is 0 Å². The number of hydrogen-bond acceptors (Lipinski definition) is 4. The summed E-state index contributed by atoms with van der Waals surface area (Å²) < 4.78 is 0. The first kappa shape index (κ1) is 9.95. The Labute approximate surface area is 76.5 Å². The van der Waals surface area contributed by atoms with Gasteiger partial charge in [0.1, 0.15) is 5.75 Å². The van der Waals surface area contributed by atoms with Crippen molar-refractivity contribution in [2.45, 2.75) is 26.6 Å². The van der Waals surface area contributed by atoms with E-state index in [2.05, 4.69) is 4.98 Å². The van der Waals surface area contributed by atoms with Crippen molar-refractivity contribution in [3.63, 3.8) is 0 Å². The van der Waals surface area contributed by atoms with Crippen LogP contribution in [0.15, 0.2) is 6.20 Å². The van der Waals surface area contributed by atoms with E-state index in [1.807, 2.05) is 0 Å². The first-order valence-corrected chi connectivity index (χ1v) is 4.04. The second-order valence-electron chi connectivity index (χ2n) is 2.96. The van der Waals surface area contributed by atoms with E-state index in [-0.39, 0.29) is 12.4 Å². The van der Waals surface area contributed by atoms with Gasteiger partial charge in [0.2, 0.25) is 0 Å². The number of nitrogens with zero attached hydrogens (tertiary/aromatic N) is 1. The molecule has 0 spiro atoms. The zero-order chi connectivity index (χ0) is 10.0. The highest BCUT2D eigenvalue weighted by Crippen LogP contribution is 2.27. The molecule has 4 nitrogen and oxygen atoms in total. The SMILES string of the molecule is Cc1ncc(C(C)O)c(CO)c1O. The smallest absolute Gasteiger partial charge is 0.142 e. The number of rotatable bonds is 2. The third kappa shape index (κ3) is 1.79. The summed E-state index contributed by atoms with van der Waals surface area (Å²) in [7, 11) is 0. The number of aromatic hydroxyl groups is 1. The maximum atomic E-state index is 9.49. The molecule has 0 bridgehead atoms. The van der Waals surface area contributed by atoms with Crippen molar-refractivity contribution >= 4 is 0 Å². The fourth-order valence-electron chi connectivity index (χ4n) is 1.19. The number of pyridine rings is 1. The second-order valence-corrected chi connectivity index (χ2v) is 2.96. The fraction of sp³-hybridized carbons (Fsp3) is 0.444. The number of aryl methyl sites for hydroxylation is 1. The average Bonchev–Trinajstić information content (AvgIpc) is 2.09. The van der Waals surface area contributed by atoms with Crippen LogP contribution < -0.4 is 0 Å². The summed E-state index contributed by atoms with van der Waals surface area (Å²) in [6, 6.07) is 0. The van der Waals surface area contributed by atoms with E-state index < -0.39 is 6.10 Å². The zero-order valence-electron chi connectivity index (χ0n) is 7.65. The molecule has 0 amide bonds. The highest BCUT2D eigenvalue weighted by atomic mass is 16.3. The first-order chi connectivity index (χ1) is 6.07. The Morgan fingerprint density at radius 2 is 2.15 bits per heavy atom. The Hall–Kier alpha value is -1.13. The molecule has 3 N–H and O–H groups in total.